The van der Waals surface area contributed by atoms with Gasteiger partial charge in [-0.1, -0.05) is 75.4 Å². The number of para-hydroxylation sites is 1. The van der Waals surface area contributed by atoms with Gasteiger partial charge in [0.1, 0.15) is 0 Å². The van der Waals surface area contributed by atoms with Crippen molar-refractivity contribution in [1.82, 2.24) is 0 Å². The molecule has 0 N–H and O–H groups in total. The topological polar surface area (TPSA) is 55.2 Å². The Morgan fingerprint density at radius 3 is 2.27 bits per heavy atom. The predicted molar refractivity (Wildman–Crippen MR) is 134 cm³/mol. The number of hydrogen-bond donors (Lipinski definition) is 0. The van der Waals surface area contributed by atoms with Gasteiger partial charge in [0.25, 0.3) is 5.70 Å². The first-order chi connectivity index (χ1) is 15.8. The van der Waals surface area contributed by atoms with E-state index >= 15 is 0 Å². The highest BCUT2D eigenvalue weighted by Gasteiger charge is 2.26. The van der Waals surface area contributed by atoms with Gasteiger partial charge >= 0.3 is 0 Å². The van der Waals surface area contributed by atoms with Crippen molar-refractivity contribution >= 4 is 16.8 Å². The van der Waals surface area contributed by atoms with Gasteiger partial charge in [0.05, 0.1) is 24.3 Å². The average Bonchev–Trinajstić information content (AvgIpc) is 2.82. The summed E-state index contributed by atoms with van der Waals surface area (Å²) in [6.45, 7) is 16.9. The summed E-state index contributed by atoms with van der Waals surface area (Å²) in [5.74, 6) is 0. The molecule has 0 amide bonds. The zero-order valence-electron chi connectivity index (χ0n) is 19.4. The molecule has 0 fully saturated rings. The number of nitrogens with zero attached hydrogens (tertiary/aromatic N) is 4. The van der Waals surface area contributed by atoms with E-state index in [4.69, 9.17) is 6.57 Å². The quantitative estimate of drug-likeness (QED) is 0.382. The van der Waals surface area contributed by atoms with Crippen molar-refractivity contribution in [3.05, 3.63) is 112 Å². The Bertz CT molecular complexity index is 1280. The van der Waals surface area contributed by atoms with Gasteiger partial charge < -0.3 is 4.90 Å². The van der Waals surface area contributed by atoms with Crippen LogP contribution in [0.4, 0.5) is 5.69 Å². The highest BCUT2D eigenvalue weighted by molar-refractivity contribution is 6.02. The lowest BCUT2D eigenvalue weighted by molar-refractivity contribution is 0.543. The molecule has 0 saturated heterocycles. The third-order valence-electron chi connectivity index (χ3n) is 5.31. The van der Waals surface area contributed by atoms with Crippen molar-refractivity contribution in [3.8, 4) is 12.1 Å². The van der Waals surface area contributed by atoms with E-state index in [-0.39, 0.29) is 11.1 Å². The van der Waals surface area contributed by atoms with Crippen LogP contribution in [0.1, 0.15) is 38.8 Å². The zero-order chi connectivity index (χ0) is 24.0. The monoisotopic (exact) mass is 430 g/mol. The number of nitriles is 2. The van der Waals surface area contributed by atoms with Gasteiger partial charge in [-0.05, 0) is 36.1 Å². The Labute approximate surface area is 196 Å². The lowest BCUT2D eigenvalue weighted by Crippen LogP contribution is -2.25. The third kappa shape index (κ3) is 4.95. The van der Waals surface area contributed by atoms with Gasteiger partial charge in [-0.2, -0.15) is 5.26 Å². The molecule has 162 valence electrons. The maximum Gasteiger partial charge on any atom is 0.270 e. The first-order valence-electron chi connectivity index (χ1n) is 10.8. The van der Waals surface area contributed by atoms with Crippen LogP contribution in [0.25, 0.3) is 16.0 Å². The van der Waals surface area contributed by atoms with Gasteiger partial charge in [-0.25, -0.2) is 10.1 Å². The van der Waals surface area contributed by atoms with Crippen molar-refractivity contribution in [1.29, 1.82) is 10.5 Å². The van der Waals surface area contributed by atoms with E-state index in [1.165, 1.54) is 0 Å². The summed E-state index contributed by atoms with van der Waals surface area (Å²) in [4.78, 5) is 5.67. The Morgan fingerprint density at radius 2 is 1.70 bits per heavy atom. The second-order valence-corrected chi connectivity index (χ2v) is 8.74. The Morgan fingerprint density at radius 1 is 1.03 bits per heavy atom. The molecule has 0 aliphatic carbocycles. The molecule has 0 saturated carbocycles. The summed E-state index contributed by atoms with van der Waals surface area (Å²) in [7, 11) is 0. The van der Waals surface area contributed by atoms with Crippen LogP contribution in [0.3, 0.4) is 0 Å². The van der Waals surface area contributed by atoms with E-state index in [1.54, 1.807) is 0 Å². The molecule has 4 heteroatoms. The first kappa shape index (κ1) is 23.3. The maximum absolute atomic E-state index is 10.3. The summed E-state index contributed by atoms with van der Waals surface area (Å²) in [5.41, 5.74) is 4.81. The summed E-state index contributed by atoms with van der Waals surface area (Å²) in [6, 6.07) is 21.5. The summed E-state index contributed by atoms with van der Waals surface area (Å²) >= 11 is 0. The highest BCUT2D eigenvalue weighted by atomic mass is 15.1. The Kier molecular flexibility index (Phi) is 6.97. The van der Waals surface area contributed by atoms with E-state index in [2.05, 4.69) is 55.7 Å². The van der Waals surface area contributed by atoms with Crippen LogP contribution in [0.5, 0.6) is 0 Å². The van der Waals surface area contributed by atoms with E-state index in [0.29, 0.717) is 22.3 Å². The molecular weight excluding hydrogens is 404 g/mol. The van der Waals surface area contributed by atoms with E-state index in [9.17, 15) is 10.5 Å². The molecule has 1 aliphatic heterocycles. The number of allylic oxidation sites excluding steroid dienone is 7. The number of fused-ring (bicyclic) bond motifs is 1. The largest absolute Gasteiger partial charge is 0.341 e. The fraction of sp³-hybridized carbons (Fsp3) is 0.207. The molecule has 0 unspecified atom stereocenters. The molecule has 3 rings (SSSR count). The Balaban J connectivity index is 2.42. The molecule has 2 aromatic rings. The average molecular weight is 431 g/mol. The minimum absolute atomic E-state index is 0.00761. The van der Waals surface area contributed by atoms with Crippen LogP contribution in [0, 0.1) is 34.6 Å². The number of rotatable bonds is 4. The van der Waals surface area contributed by atoms with Gasteiger partial charge in [0.15, 0.2) is 0 Å². The normalized spacial score (nSPS) is 15.5. The standard InChI is InChI=1S/C29H26N4/c1-6-33-22(16-17-29(2,3)4)18-24(23-14-10-11-15-27(23)33)25(19-30)28(26(20-31)32-5)21-12-8-7-9-13-21/h7-18H,6H2,1-4H3/b17-16+,25-24+,28-26+. The van der Waals surface area contributed by atoms with Gasteiger partial charge in [0.2, 0.25) is 0 Å². The second-order valence-electron chi connectivity index (χ2n) is 8.74. The fourth-order valence-corrected chi connectivity index (χ4v) is 3.80. The molecule has 1 heterocycles. The molecule has 33 heavy (non-hydrogen) atoms. The molecule has 0 radical (unpaired) electrons. The van der Waals surface area contributed by atoms with Gasteiger partial charge in [-0.15, -0.1) is 0 Å². The zero-order valence-corrected chi connectivity index (χ0v) is 19.4. The van der Waals surface area contributed by atoms with Crippen LogP contribution >= 0.6 is 0 Å². The maximum atomic E-state index is 10.3. The molecule has 1 aliphatic rings. The Hall–Kier alpha value is -4.33. The predicted octanol–water partition coefficient (Wildman–Crippen LogP) is 7.14. The van der Waals surface area contributed by atoms with Crippen molar-refractivity contribution in [2.45, 2.75) is 27.7 Å². The van der Waals surface area contributed by atoms with E-state index in [1.807, 2.05) is 66.7 Å². The van der Waals surface area contributed by atoms with Crippen molar-refractivity contribution in [3.63, 3.8) is 0 Å². The fourth-order valence-electron chi connectivity index (χ4n) is 3.80. The molecule has 0 aromatic heterocycles. The van der Waals surface area contributed by atoms with Gasteiger partial charge in [0, 0.05) is 34.6 Å². The number of hydrogen-bond acceptors (Lipinski definition) is 3. The summed E-state index contributed by atoms with van der Waals surface area (Å²) in [5, 5.41) is 20.0. The first-order valence-corrected chi connectivity index (χ1v) is 10.8. The van der Waals surface area contributed by atoms with Crippen LogP contribution in [-0.4, -0.2) is 6.54 Å². The van der Waals surface area contributed by atoms with Crippen molar-refractivity contribution in [2.75, 3.05) is 11.4 Å². The van der Waals surface area contributed by atoms with Crippen LogP contribution in [-0.2, 0) is 0 Å². The summed E-state index contributed by atoms with van der Waals surface area (Å²) in [6.07, 6.45) is 6.22. The minimum Gasteiger partial charge on any atom is -0.341 e. The number of anilines is 1. The van der Waals surface area contributed by atoms with Crippen molar-refractivity contribution in [2.24, 2.45) is 5.41 Å². The minimum atomic E-state index is -0.0964. The molecule has 0 spiro atoms. The van der Waals surface area contributed by atoms with Crippen molar-refractivity contribution < 1.29 is 0 Å². The van der Waals surface area contributed by atoms with Crippen LogP contribution < -0.4 is 4.90 Å². The SMILES string of the molecule is [C-]#[N+]/C(C#N)=C(/C(C#N)=C1C=C(/C=C/C(C)(C)C)N(CC)c2ccccc2\1)c1ccccc1. The lowest BCUT2D eigenvalue weighted by atomic mass is 9.86. The third-order valence-corrected chi connectivity index (χ3v) is 5.31. The number of likely N-dealkylation sites (N-methyl/N-ethyl adjacent to an activating group) is 1. The molecule has 0 bridgehead atoms. The molecule has 0 atom stereocenters. The van der Waals surface area contributed by atoms with Gasteiger partial charge in [-0.3, -0.25) is 0 Å². The van der Waals surface area contributed by atoms with Crippen LogP contribution in [0.2, 0.25) is 0 Å². The smallest absolute Gasteiger partial charge is 0.270 e. The molecule has 2 aromatic carbocycles. The summed E-state index contributed by atoms with van der Waals surface area (Å²) < 4.78 is 0. The molecule has 4 nitrogen and oxygen atoms in total. The number of benzene rings is 2. The highest BCUT2D eigenvalue weighted by Crippen LogP contribution is 2.42. The lowest BCUT2D eigenvalue weighted by Gasteiger charge is -2.32. The molecular formula is C29H26N4. The van der Waals surface area contributed by atoms with E-state index in [0.717, 1.165) is 23.5 Å². The van der Waals surface area contributed by atoms with E-state index < -0.39 is 0 Å². The second kappa shape index (κ2) is 9.86. The van der Waals surface area contributed by atoms with Crippen LogP contribution in [0.15, 0.2) is 89.8 Å².